The molecule has 0 bridgehead atoms. The van der Waals surface area contributed by atoms with E-state index >= 15 is 0 Å². The van der Waals surface area contributed by atoms with Crippen molar-refractivity contribution in [3.63, 3.8) is 0 Å². The van der Waals surface area contributed by atoms with Gasteiger partial charge in [-0.05, 0) is 6.42 Å². The van der Waals surface area contributed by atoms with Crippen LogP contribution in [0.1, 0.15) is 18.7 Å². The largest absolute Gasteiger partial charge is 0.481 e. The first-order chi connectivity index (χ1) is 10.2. The molecule has 1 aliphatic heterocycles. The van der Waals surface area contributed by atoms with Gasteiger partial charge in [0.05, 0.1) is 25.7 Å². The van der Waals surface area contributed by atoms with Gasteiger partial charge in [-0.3, -0.25) is 4.79 Å². The Morgan fingerprint density at radius 1 is 1.57 bits per heavy atom. The number of aromatic nitrogens is 2. The zero-order valence-corrected chi connectivity index (χ0v) is 11.7. The Bertz CT molecular complexity index is 463. The predicted molar refractivity (Wildman–Crippen MR) is 73.9 cm³/mol. The zero-order valence-electron chi connectivity index (χ0n) is 11.7. The molecule has 21 heavy (non-hydrogen) atoms. The lowest BCUT2D eigenvalue weighted by molar-refractivity contribution is -0.139. The Morgan fingerprint density at radius 3 is 3.14 bits per heavy atom. The first-order valence-electron chi connectivity index (χ1n) is 6.99. The minimum absolute atomic E-state index is 0.0974. The lowest BCUT2D eigenvalue weighted by Crippen LogP contribution is -2.53. The van der Waals surface area contributed by atoms with Crippen LogP contribution in [0.25, 0.3) is 0 Å². The van der Waals surface area contributed by atoms with Crippen molar-refractivity contribution in [2.75, 3.05) is 26.3 Å². The summed E-state index contributed by atoms with van der Waals surface area (Å²) in [5, 5.41) is 11.7. The van der Waals surface area contributed by atoms with Crippen molar-refractivity contribution in [2.24, 2.45) is 0 Å². The van der Waals surface area contributed by atoms with Gasteiger partial charge in [0.2, 0.25) is 0 Å². The summed E-state index contributed by atoms with van der Waals surface area (Å²) in [6.07, 6.45) is 4.89. The van der Waals surface area contributed by atoms with E-state index in [9.17, 15) is 9.59 Å². The molecule has 3 N–H and O–H groups in total. The van der Waals surface area contributed by atoms with E-state index in [4.69, 9.17) is 9.84 Å². The molecule has 0 saturated carbocycles. The molecule has 1 atom stereocenters. The number of aromatic amines is 1. The molecule has 8 heteroatoms. The van der Waals surface area contributed by atoms with Gasteiger partial charge in [-0.2, -0.15) is 0 Å². The highest BCUT2D eigenvalue weighted by Gasteiger charge is 2.28. The average molecular weight is 296 g/mol. The van der Waals surface area contributed by atoms with Crippen molar-refractivity contribution in [1.29, 1.82) is 0 Å². The van der Waals surface area contributed by atoms with Gasteiger partial charge in [-0.15, -0.1) is 0 Å². The lowest BCUT2D eigenvalue weighted by Gasteiger charge is -2.34. The number of carboxylic acids is 1. The number of morpholine rings is 1. The number of amides is 2. The molecule has 116 valence electrons. The van der Waals surface area contributed by atoms with E-state index in [0.717, 1.165) is 18.7 Å². The molecule has 0 spiro atoms. The zero-order chi connectivity index (χ0) is 15.1. The van der Waals surface area contributed by atoms with Crippen molar-refractivity contribution >= 4 is 12.0 Å². The third-order valence-corrected chi connectivity index (χ3v) is 3.32. The van der Waals surface area contributed by atoms with Crippen molar-refractivity contribution in [2.45, 2.75) is 25.3 Å². The molecular formula is C13H20N4O4. The number of imidazole rings is 1. The van der Waals surface area contributed by atoms with Gasteiger partial charge >= 0.3 is 12.0 Å². The van der Waals surface area contributed by atoms with Crippen LogP contribution in [0, 0.1) is 0 Å². The number of carbonyl (C=O) groups excluding carboxylic acids is 1. The third kappa shape index (κ3) is 4.75. The summed E-state index contributed by atoms with van der Waals surface area (Å²) < 4.78 is 5.24. The number of nitrogens with zero attached hydrogens (tertiary/aromatic N) is 2. The monoisotopic (exact) mass is 296 g/mol. The van der Waals surface area contributed by atoms with Crippen LogP contribution < -0.4 is 5.32 Å². The highest BCUT2D eigenvalue weighted by Crippen LogP contribution is 2.10. The van der Waals surface area contributed by atoms with Gasteiger partial charge in [0, 0.05) is 31.9 Å². The molecule has 8 nitrogen and oxygen atoms in total. The second-order valence-corrected chi connectivity index (χ2v) is 4.89. The Kier molecular flexibility index (Phi) is 5.56. The number of carbonyl (C=O) groups is 2. The first kappa shape index (κ1) is 15.3. The fourth-order valence-electron chi connectivity index (χ4n) is 2.28. The SMILES string of the molecule is O=C(O)CC1COCCN1C(=O)NCCCc1ncc[nH]1. The number of hydrogen-bond acceptors (Lipinski definition) is 4. The van der Waals surface area contributed by atoms with Crippen LogP contribution in [0.2, 0.25) is 0 Å². The van der Waals surface area contributed by atoms with Crippen LogP contribution in [0.4, 0.5) is 4.79 Å². The average Bonchev–Trinajstić information content (AvgIpc) is 2.96. The fourth-order valence-corrected chi connectivity index (χ4v) is 2.28. The summed E-state index contributed by atoms with van der Waals surface area (Å²) in [6.45, 7) is 1.65. The standard InChI is InChI=1S/C13H20N4O4/c18-12(19)8-10-9-21-7-6-17(10)13(20)16-3-1-2-11-14-4-5-15-11/h4-5,10H,1-3,6-9H2,(H,14,15)(H,16,20)(H,18,19). The van der Waals surface area contributed by atoms with Crippen molar-refractivity contribution in [1.82, 2.24) is 20.2 Å². The van der Waals surface area contributed by atoms with Crippen LogP contribution in [-0.4, -0.2) is 64.3 Å². The molecule has 1 fully saturated rings. The minimum Gasteiger partial charge on any atom is -0.481 e. The number of aliphatic carboxylic acids is 1. The summed E-state index contributed by atoms with van der Waals surface area (Å²) in [7, 11) is 0. The molecule has 1 aromatic rings. The number of H-pyrrole nitrogens is 1. The number of nitrogens with one attached hydrogen (secondary N) is 2. The van der Waals surface area contributed by atoms with Crippen molar-refractivity contribution in [3.05, 3.63) is 18.2 Å². The van der Waals surface area contributed by atoms with E-state index in [-0.39, 0.29) is 19.1 Å². The van der Waals surface area contributed by atoms with Crippen LogP contribution in [-0.2, 0) is 16.0 Å². The van der Waals surface area contributed by atoms with E-state index < -0.39 is 12.0 Å². The molecular weight excluding hydrogens is 276 g/mol. The molecule has 1 aliphatic rings. The molecule has 2 amide bonds. The van der Waals surface area contributed by atoms with Gasteiger partial charge in [0.1, 0.15) is 5.82 Å². The van der Waals surface area contributed by atoms with E-state index in [2.05, 4.69) is 15.3 Å². The molecule has 1 unspecified atom stereocenters. The van der Waals surface area contributed by atoms with Crippen LogP contribution in [0.5, 0.6) is 0 Å². The van der Waals surface area contributed by atoms with E-state index in [1.54, 1.807) is 17.3 Å². The third-order valence-electron chi connectivity index (χ3n) is 3.32. The van der Waals surface area contributed by atoms with Crippen molar-refractivity contribution < 1.29 is 19.4 Å². The number of aryl methyl sites for hydroxylation is 1. The maximum Gasteiger partial charge on any atom is 0.317 e. The Balaban J connectivity index is 1.73. The van der Waals surface area contributed by atoms with E-state index in [1.165, 1.54) is 0 Å². The van der Waals surface area contributed by atoms with Gasteiger partial charge in [0.25, 0.3) is 0 Å². The lowest BCUT2D eigenvalue weighted by atomic mass is 10.1. The second-order valence-electron chi connectivity index (χ2n) is 4.89. The molecule has 1 aromatic heterocycles. The van der Waals surface area contributed by atoms with Crippen LogP contribution in [0.3, 0.4) is 0 Å². The topological polar surface area (TPSA) is 108 Å². The quantitative estimate of drug-likeness (QED) is 0.651. The molecule has 0 aromatic carbocycles. The van der Waals surface area contributed by atoms with E-state index in [0.29, 0.717) is 19.7 Å². The van der Waals surface area contributed by atoms with Gasteiger partial charge in [0.15, 0.2) is 0 Å². The molecule has 2 rings (SSSR count). The number of ether oxygens (including phenoxy) is 1. The minimum atomic E-state index is -0.930. The molecule has 0 aliphatic carbocycles. The van der Waals surface area contributed by atoms with Gasteiger partial charge in [-0.1, -0.05) is 0 Å². The van der Waals surface area contributed by atoms with E-state index in [1.807, 2.05) is 0 Å². The van der Waals surface area contributed by atoms with Crippen molar-refractivity contribution in [3.8, 4) is 0 Å². The first-order valence-corrected chi connectivity index (χ1v) is 6.99. The number of rotatable bonds is 6. The Morgan fingerprint density at radius 2 is 2.43 bits per heavy atom. The number of hydrogen-bond donors (Lipinski definition) is 3. The normalized spacial score (nSPS) is 18.5. The maximum absolute atomic E-state index is 12.1. The Labute approximate surface area is 122 Å². The summed E-state index contributed by atoms with van der Waals surface area (Å²) in [6, 6.07) is -0.634. The maximum atomic E-state index is 12.1. The predicted octanol–water partition coefficient (Wildman–Crippen LogP) is 0.227. The molecule has 2 heterocycles. The van der Waals surface area contributed by atoms with Gasteiger partial charge in [-0.25, -0.2) is 9.78 Å². The summed E-state index contributed by atoms with van der Waals surface area (Å²) in [5.74, 6) is -0.0412. The smallest absolute Gasteiger partial charge is 0.317 e. The summed E-state index contributed by atoms with van der Waals surface area (Å²) in [5.41, 5.74) is 0. The Hall–Kier alpha value is -2.09. The molecule has 1 saturated heterocycles. The highest BCUT2D eigenvalue weighted by molar-refractivity contribution is 5.76. The fraction of sp³-hybridized carbons (Fsp3) is 0.615. The second kappa shape index (κ2) is 7.63. The van der Waals surface area contributed by atoms with Gasteiger partial charge < -0.3 is 25.0 Å². The summed E-state index contributed by atoms with van der Waals surface area (Å²) in [4.78, 5) is 31.6. The summed E-state index contributed by atoms with van der Waals surface area (Å²) >= 11 is 0. The number of carboxylic acid groups (broad SMARTS) is 1. The van der Waals surface area contributed by atoms with Crippen LogP contribution in [0.15, 0.2) is 12.4 Å². The highest BCUT2D eigenvalue weighted by atomic mass is 16.5. The van der Waals surface area contributed by atoms with Crippen LogP contribution >= 0.6 is 0 Å². The number of urea groups is 1. The molecule has 0 radical (unpaired) electrons.